The summed E-state index contributed by atoms with van der Waals surface area (Å²) in [6, 6.07) is 12.6. The van der Waals surface area contributed by atoms with Crippen molar-refractivity contribution in [2.75, 3.05) is 76.2 Å². The first-order valence-electron chi connectivity index (χ1n) is 25.5. The maximum Gasteiger partial charge on any atom is 0.319 e. The number of amides is 2. The maximum atomic E-state index is 17.1. The van der Waals surface area contributed by atoms with E-state index in [2.05, 4.69) is 53.7 Å². The third-order valence-electron chi connectivity index (χ3n) is 17.0. The first-order chi connectivity index (χ1) is 34.4. The molecule has 5 aliphatic heterocycles. The van der Waals surface area contributed by atoms with E-state index in [-0.39, 0.29) is 68.8 Å². The Bertz CT molecular complexity index is 3030. The number of hydrogen-bond acceptors (Lipinski definition) is 13. The van der Waals surface area contributed by atoms with E-state index >= 15 is 8.78 Å². The van der Waals surface area contributed by atoms with Crippen LogP contribution >= 0.6 is 0 Å². The molecule has 0 radical (unpaired) electrons. The van der Waals surface area contributed by atoms with Crippen LogP contribution in [0.15, 0.2) is 48.7 Å². The summed E-state index contributed by atoms with van der Waals surface area (Å²) in [5.74, 6) is 1.42. The van der Waals surface area contributed by atoms with E-state index in [4.69, 9.17) is 26.5 Å². The molecule has 2 aromatic heterocycles. The number of carbonyl (C=O) groups excluding carboxylic acids is 2. The van der Waals surface area contributed by atoms with Crippen molar-refractivity contribution in [3.05, 3.63) is 77.0 Å². The van der Waals surface area contributed by atoms with E-state index < -0.39 is 17.6 Å². The molecule has 12 rings (SSSR count). The normalized spacial score (nSPS) is 24.1. The first-order valence-corrected chi connectivity index (χ1v) is 25.5. The summed E-state index contributed by atoms with van der Waals surface area (Å²) >= 11 is 0. The lowest BCUT2D eigenvalue weighted by Crippen LogP contribution is -2.64. The number of likely N-dealkylation sites (tertiary alicyclic amines) is 2. The number of halogens is 2. The minimum atomic E-state index is -0.720. The largest absolute Gasteiger partial charge is 0.508 e. The van der Waals surface area contributed by atoms with Crippen LogP contribution in [0, 0.1) is 52.1 Å². The minimum absolute atomic E-state index is 0.0105. The summed E-state index contributed by atoms with van der Waals surface area (Å²) in [5.41, 5.74) is 3.58. The van der Waals surface area contributed by atoms with Crippen LogP contribution in [0.25, 0.3) is 32.9 Å². The summed E-state index contributed by atoms with van der Waals surface area (Å²) in [5, 5.41) is 30.0. The number of carbonyl (C=O) groups is 2. The molecule has 2 amide bonds. The van der Waals surface area contributed by atoms with Crippen LogP contribution < -0.4 is 25.6 Å². The zero-order valence-corrected chi connectivity index (χ0v) is 40.1. The van der Waals surface area contributed by atoms with Crippen LogP contribution in [0.2, 0.25) is 0 Å². The number of terminal acetylenes is 1. The molecular formula is C55H60F2N10O4. The van der Waals surface area contributed by atoms with Crippen molar-refractivity contribution >= 4 is 50.7 Å². The highest BCUT2D eigenvalue weighted by atomic mass is 19.1. The molecule has 2 aliphatic carbocycles. The highest BCUT2D eigenvalue weighted by Crippen LogP contribution is 2.55. The van der Waals surface area contributed by atoms with E-state index in [0.29, 0.717) is 77.6 Å². The highest BCUT2D eigenvalue weighted by molar-refractivity contribution is 6.17. The van der Waals surface area contributed by atoms with Gasteiger partial charge < -0.3 is 40.6 Å². The van der Waals surface area contributed by atoms with Gasteiger partial charge in [-0.1, -0.05) is 24.1 Å². The number of piperazine rings is 1. The van der Waals surface area contributed by atoms with Crippen LogP contribution in [-0.4, -0.2) is 125 Å². The quantitative estimate of drug-likeness (QED) is 0.0468. The number of piperidine rings is 2. The standard InChI is InChI=1S/C55H60F2N10O4/c1-3-38-43(56)10-5-34-18-37(68)20-41(46(34)38)49-47(57)50-42(23-60-49)51(67-25-35-6-7-36(26-67)61-35)64-53(63-50)71-30-54(14-15-54)27-66-28-55(29-66)21-31(22-55)24-65-16-12-32(13-17-65)33-4-8-39(44(19-33)59-2)48(58)40-9-11-45(69)62-52(40)70/h1,4-5,8,10,18-20,23,31-32,35-36,40,58-59,61,68H,6-7,9,11-17,21-22,24-30H2,2H3,(H,62,69,70). The van der Waals surface area contributed by atoms with E-state index in [0.717, 1.165) is 83.5 Å². The SMILES string of the molecule is C#Cc1c(F)ccc2cc(O)cc(-c3ncc4c(N5CC6CCC(C5)N6)nc(OCC5(CN6CC7(CC(CN8CCC(c9ccc(C(=N)C%10CCC(=O)NC%10=O)c(NC)c9)CC8)C7)C6)CC5)nc4c3F)c12. The number of imide groups is 1. The minimum Gasteiger partial charge on any atom is -0.508 e. The predicted octanol–water partition coefficient (Wildman–Crippen LogP) is 6.96. The Labute approximate surface area is 411 Å². The molecule has 3 aromatic carbocycles. The average Bonchev–Trinajstić information content (AvgIpc) is 4.04. The number of nitrogens with one attached hydrogen (secondary N) is 4. The lowest BCUT2D eigenvalue weighted by atomic mass is 9.57. The highest BCUT2D eigenvalue weighted by Gasteiger charge is 2.55. The van der Waals surface area contributed by atoms with Crippen LogP contribution in [0.4, 0.5) is 20.3 Å². The molecule has 7 heterocycles. The van der Waals surface area contributed by atoms with Gasteiger partial charge in [-0.15, -0.1) is 6.42 Å². The molecule has 2 saturated carbocycles. The molecule has 7 fully saturated rings. The molecule has 5 N–H and O–H groups in total. The molecule has 1 spiro atoms. The number of phenolic OH excluding ortho intramolecular Hbond substituents is 1. The molecule has 3 atom stereocenters. The second kappa shape index (κ2) is 17.8. The van der Waals surface area contributed by atoms with Gasteiger partial charge in [-0.3, -0.25) is 19.9 Å². The van der Waals surface area contributed by atoms with Gasteiger partial charge in [-0.2, -0.15) is 9.97 Å². The van der Waals surface area contributed by atoms with Crippen molar-refractivity contribution in [3.63, 3.8) is 0 Å². The third kappa shape index (κ3) is 8.53. The summed E-state index contributed by atoms with van der Waals surface area (Å²) < 4.78 is 38.7. The van der Waals surface area contributed by atoms with Gasteiger partial charge in [0.15, 0.2) is 5.82 Å². The average molecular weight is 963 g/mol. The summed E-state index contributed by atoms with van der Waals surface area (Å²) in [6.07, 6.45) is 16.9. The molecule has 16 heteroatoms. The number of aromatic hydroxyl groups is 1. The molecular weight excluding hydrogens is 903 g/mol. The molecule has 7 aliphatic rings. The molecule has 14 nitrogen and oxygen atoms in total. The van der Waals surface area contributed by atoms with Crippen LogP contribution in [0.5, 0.6) is 11.8 Å². The number of ether oxygens (including phenoxy) is 1. The third-order valence-corrected chi connectivity index (χ3v) is 17.0. The summed E-state index contributed by atoms with van der Waals surface area (Å²) in [7, 11) is 1.85. The second-order valence-corrected chi connectivity index (χ2v) is 22.0. The number of nitrogens with zero attached hydrogens (tertiary/aromatic N) is 6. The van der Waals surface area contributed by atoms with Gasteiger partial charge in [0.2, 0.25) is 11.8 Å². The van der Waals surface area contributed by atoms with Crippen LogP contribution in [-0.2, 0) is 9.59 Å². The Morgan fingerprint density at radius 2 is 1.77 bits per heavy atom. The summed E-state index contributed by atoms with van der Waals surface area (Å²) in [4.78, 5) is 45.9. The number of fused-ring (bicyclic) bond motifs is 4. The lowest BCUT2D eigenvalue weighted by Gasteiger charge is -2.60. The van der Waals surface area contributed by atoms with Gasteiger partial charge in [0.1, 0.15) is 28.6 Å². The van der Waals surface area contributed by atoms with Gasteiger partial charge in [-0.25, -0.2) is 8.78 Å². The number of benzene rings is 3. The number of rotatable bonds is 13. The molecule has 71 heavy (non-hydrogen) atoms. The molecule has 3 unspecified atom stereocenters. The van der Waals surface area contributed by atoms with Gasteiger partial charge in [0.25, 0.3) is 0 Å². The number of anilines is 2. The Balaban J connectivity index is 0.671. The van der Waals surface area contributed by atoms with Crippen molar-refractivity contribution in [3.8, 4) is 35.4 Å². The Kier molecular flexibility index (Phi) is 11.5. The predicted molar refractivity (Wildman–Crippen MR) is 268 cm³/mol. The fraction of sp³-hybridized carbons (Fsp3) is 0.491. The van der Waals surface area contributed by atoms with E-state index in [1.165, 1.54) is 42.7 Å². The van der Waals surface area contributed by atoms with Crippen molar-refractivity contribution < 1.29 is 28.2 Å². The van der Waals surface area contributed by atoms with Gasteiger partial charge in [-0.05, 0) is 123 Å². The Hall–Kier alpha value is -6.28. The fourth-order valence-corrected chi connectivity index (χ4v) is 13.2. The van der Waals surface area contributed by atoms with E-state index in [1.54, 1.807) is 6.20 Å². The van der Waals surface area contributed by atoms with Crippen LogP contribution in [0.3, 0.4) is 0 Å². The van der Waals surface area contributed by atoms with Gasteiger partial charge in [0.05, 0.1) is 29.2 Å². The maximum absolute atomic E-state index is 17.1. The molecule has 5 saturated heterocycles. The molecule has 368 valence electrons. The smallest absolute Gasteiger partial charge is 0.319 e. The van der Waals surface area contributed by atoms with Gasteiger partial charge in [0, 0.05) is 98.6 Å². The molecule has 5 aromatic rings. The number of phenols is 1. The fourth-order valence-electron chi connectivity index (χ4n) is 13.2. The Morgan fingerprint density at radius 3 is 2.49 bits per heavy atom. The van der Waals surface area contributed by atoms with Crippen molar-refractivity contribution in [2.24, 2.45) is 22.7 Å². The number of hydrogen-bond donors (Lipinski definition) is 5. The zero-order chi connectivity index (χ0) is 48.8. The monoisotopic (exact) mass is 962 g/mol. The Morgan fingerprint density at radius 1 is 1.00 bits per heavy atom. The topological polar surface area (TPSA) is 172 Å². The first kappa shape index (κ1) is 45.8. The second-order valence-electron chi connectivity index (χ2n) is 22.0. The van der Waals surface area contributed by atoms with E-state index in [1.807, 2.05) is 13.1 Å². The van der Waals surface area contributed by atoms with Crippen molar-refractivity contribution in [1.82, 2.24) is 35.4 Å². The van der Waals surface area contributed by atoms with Gasteiger partial charge >= 0.3 is 6.01 Å². The van der Waals surface area contributed by atoms with Crippen LogP contribution in [0.1, 0.15) is 86.8 Å². The van der Waals surface area contributed by atoms with E-state index in [9.17, 15) is 14.7 Å². The van der Waals surface area contributed by atoms with Crippen molar-refractivity contribution in [1.29, 1.82) is 5.41 Å². The van der Waals surface area contributed by atoms with Crippen molar-refractivity contribution in [2.45, 2.75) is 82.2 Å². The summed E-state index contributed by atoms with van der Waals surface area (Å²) in [6.45, 7) is 8.30. The molecule has 2 bridgehead atoms. The number of aromatic nitrogens is 3. The lowest BCUT2D eigenvalue weighted by molar-refractivity contribution is -0.134. The number of pyridine rings is 1. The zero-order valence-electron chi connectivity index (χ0n) is 40.1.